The van der Waals surface area contributed by atoms with E-state index in [0.717, 1.165) is 69.6 Å². The lowest BCUT2D eigenvalue weighted by molar-refractivity contribution is 0.129. The van der Waals surface area contributed by atoms with Crippen LogP contribution < -0.4 is 9.47 Å². The zero-order valence-corrected chi connectivity index (χ0v) is 23.4. The first kappa shape index (κ1) is 30.1. The van der Waals surface area contributed by atoms with Crippen LogP contribution in [0.3, 0.4) is 0 Å². The number of hydrogen-bond acceptors (Lipinski definition) is 3. The van der Waals surface area contributed by atoms with E-state index < -0.39 is 51.8 Å². The second kappa shape index (κ2) is 12.9. The summed E-state index contributed by atoms with van der Waals surface area (Å²) in [5.74, 6) is -7.44. The van der Waals surface area contributed by atoms with Gasteiger partial charge in [0.15, 0.2) is 34.7 Å². The van der Waals surface area contributed by atoms with Crippen LogP contribution in [-0.4, -0.2) is 18.3 Å². The van der Waals surface area contributed by atoms with Gasteiger partial charge in [-0.15, -0.1) is 0 Å². The summed E-state index contributed by atoms with van der Waals surface area (Å²) < 4.78 is 97.3. The lowest BCUT2D eigenvalue weighted by atomic mass is 9.68. The highest BCUT2D eigenvalue weighted by atomic mass is 19.2. The van der Waals surface area contributed by atoms with Crippen molar-refractivity contribution in [3.63, 3.8) is 0 Å². The van der Waals surface area contributed by atoms with Crippen molar-refractivity contribution in [2.45, 2.75) is 64.2 Å². The van der Waals surface area contributed by atoms with Crippen LogP contribution in [0.1, 0.15) is 69.8 Å². The summed E-state index contributed by atoms with van der Waals surface area (Å²) in [6.07, 6.45) is 7.24. The van der Waals surface area contributed by atoms with Crippen LogP contribution in [0.2, 0.25) is 0 Å². The molecule has 2 aliphatic rings. The van der Waals surface area contributed by atoms with Crippen molar-refractivity contribution in [2.75, 3.05) is 13.2 Å². The largest absolute Gasteiger partial charge is 0.505 e. The Balaban J connectivity index is 1.12. The van der Waals surface area contributed by atoms with E-state index in [1.807, 2.05) is 0 Å². The predicted molar refractivity (Wildman–Crippen MR) is 147 cm³/mol. The number of halogens is 6. The topological polar surface area (TPSA) is 38.7 Å². The van der Waals surface area contributed by atoms with Crippen molar-refractivity contribution >= 4 is 0 Å². The first-order chi connectivity index (χ1) is 20.2. The molecule has 5 rings (SSSR count). The van der Waals surface area contributed by atoms with Gasteiger partial charge in [-0.25, -0.2) is 13.2 Å². The van der Waals surface area contributed by atoms with Crippen molar-refractivity contribution < 1.29 is 40.9 Å². The van der Waals surface area contributed by atoms with Crippen molar-refractivity contribution in [2.24, 2.45) is 17.8 Å². The third-order valence-corrected chi connectivity index (χ3v) is 9.02. The predicted octanol–water partition coefficient (Wildman–Crippen LogP) is 9.45. The maximum absolute atomic E-state index is 14.8. The average Bonchev–Trinajstić information content (AvgIpc) is 3.00. The molecule has 2 aliphatic carbocycles. The van der Waals surface area contributed by atoms with Gasteiger partial charge in [0.2, 0.25) is 17.5 Å². The lowest BCUT2D eigenvalue weighted by Gasteiger charge is -2.38. The Bertz CT molecular complexity index is 1410. The summed E-state index contributed by atoms with van der Waals surface area (Å²) in [5.41, 5.74) is -0.549. The summed E-state index contributed by atoms with van der Waals surface area (Å²) in [6.45, 7) is 2.20. The summed E-state index contributed by atoms with van der Waals surface area (Å²) in [4.78, 5) is 0. The third kappa shape index (κ3) is 6.06. The first-order valence-electron chi connectivity index (χ1n) is 14.6. The van der Waals surface area contributed by atoms with Gasteiger partial charge in [0.05, 0.1) is 13.2 Å². The van der Waals surface area contributed by atoms with Gasteiger partial charge in [-0.2, -0.15) is 13.2 Å². The van der Waals surface area contributed by atoms with Gasteiger partial charge in [-0.3, -0.25) is 0 Å². The van der Waals surface area contributed by atoms with E-state index in [4.69, 9.17) is 9.47 Å². The van der Waals surface area contributed by atoms with E-state index >= 15 is 0 Å². The van der Waals surface area contributed by atoms with Crippen LogP contribution in [0.25, 0.3) is 11.1 Å². The zero-order valence-electron chi connectivity index (χ0n) is 23.4. The molecule has 0 amide bonds. The molecule has 226 valence electrons. The molecule has 0 atom stereocenters. The van der Waals surface area contributed by atoms with E-state index in [2.05, 4.69) is 0 Å². The normalized spacial score (nSPS) is 22.6. The molecule has 0 bridgehead atoms. The zero-order chi connectivity index (χ0) is 30.0. The molecule has 0 unspecified atom stereocenters. The molecule has 0 radical (unpaired) electrons. The number of ether oxygens (including phenoxy) is 2. The van der Waals surface area contributed by atoms with Gasteiger partial charge in [0.25, 0.3) is 0 Å². The van der Waals surface area contributed by atoms with Crippen molar-refractivity contribution in [1.82, 2.24) is 0 Å². The van der Waals surface area contributed by atoms with E-state index in [9.17, 15) is 31.4 Å². The summed E-state index contributed by atoms with van der Waals surface area (Å²) in [5, 5.41) is 9.29. The molecule has 0 aliphatic heterocycles. The van der Waals surface area contributed by atoms with Gasteiger partial charge in [-0.1, -0.05) is 6.07 Å². The van der Waals surface area contributed by atoms with Crippen molar-refractivity contribution in [3.8, 4) is 28.4 Å². The fourth-order valence-corrected chi connectivity index (χ4v) is 6.66. The van der Waals surface area contributed by atoms with Crippen LogP contribution >= 0.6 is 0 Å². The van der Waals surface area contributed by atoms with Crippen LogP contribution in [-0.2, 0) is 0 Å². The van der Waals surface area contributed by atoms with Crippen LogP contribution in [0.15, 0.2) is 36.4 Å². The SMILES string of the molecule is CCOc1ccc(C2CCC(C3CCC(COc4ccc(-c5ccc(O)c(F)c5F)c(F)c4F)CC3)CC2)c(F)c1F. The third-order valence-electron chi connectivity index (χ3n) is 9.02. The van der Waals surface area contributed by atoms with Gasteiger partial charge in [0, 0.05) is 11.1 Å². The van der Waals surface area contributed by atoms with E-state index in [1.165, 1.54) is 12.1 Å². The molecule has 42 heavy (non-hydrogen) atoms. The molecule has 0 heterocycles. The van der Waals surface area contributed by atoms with Crippen molar-refractivity contribution in [3.05, 3.63) is 76.9 Å². The maximum Gasteiger partial charge on any atom is 0.201 e. The quantitative estimate of drug-likeness (QED) is 0.265. The Kier molecular flexibility index (Phi) is 9.23. The van der Waals surface area contributed by atoms with Crippen LogP contribution in [0.4, 0.5) is 26.3 Å². The Labute approximate surface area is 241 Å². The molecule has 3 aromatic carbocycles. The van der Waals surface area contributed by atoms with E-state index in [-0.39, 0.29) is 36.5 Å². The second-order valence-electron chi connectivity index (χ2n) is 11.4. The lowest BCUT2D eigenvalue weighted by Crippen LogP contribution is -2.27. The minimum absolute atomic E-state index is 0.0117. The maximum atomic E-state index is 14.8. The monoisotopic (exact) mass is 592 g/mol. The fourth-order valence-electron chi connectivity index (χ4n) is 6.66. The summed E-state index contributed by atoms with van der Waals surface area (Å²) in [6, 6.07) is 7.34. The van der Waals surface area contributed by atoms with Gasteiger partial charge in [-0.05, 0) is 118 Å². The Morgan fingerprint density at radius 1 is 0.595 bits per heavy atom. The van der Waals surface area contributed by atoms with Gasteiger partial charge < -0.3 is 14.6 Å². The number of phenolic OH excluding ortho intramolecular Hbond substituents is 1. The average molecular weight is 593 g/mol. The summed E-state index contributed by atoms with van der Waals surface area (Å²) in [7, 11) is 0. The Hall–Kier alpha value is -3.36. The molecule has 3 nitrogen and oxygen atoms in total. The number of aromatic hydroxyl groups is 1. The smallest absolute Gasteiger partial charge is 0.201 e. The molecular formula is C33H34F6O3. The van der Waals surface area contributed by atoms with Gasteiger partial charge >= 0.3 is 0 Å². The summed E-state index contributed by atoms with van der Waals surface area (Å²) >= 11 is 0. The molecule has 0 aromatic heterocycles. The molecule has 3 aromatic rings. The highest BCUT2D eigenvalue weighted by Crippen LogP contribution is 2.45. The number of hydrogen-bond donors (Lipinski definition) is 1. The fraction of sp³-hybridized carbons (Fsp3) is 0.455. The second-order valence-corrected chi connectivity index (χ2v) is 11.4. The molecule has 9 heteroatoms. The van der Waals surface area contributed by atoms with Crippen LogP contribution in [0.5, 0.6) is 17.2 Å². The molecule has 2 saturated carbocycles. The molecule has 2 fully saturated rings. The highest BCUT2D eigenvalue weighted by Gasteiger charge is 2.33. The van der Waals surface area contributed by atoms with E-state index in [1.54, 1.807) is 13.0 Å². The molecular weight excluding hydrogens is 558 g/mol. The van der Waals surface area contributed by atoms with Crippen LogP contribution in [0, 0.1) is 52.7 Å². The number of phenols is 1. The standard InChI is InChI=1S/C33H34F6O3/c1-2-41-26-15-12-22(28(34)32(26)38)21-9-7-20(8-10-21)19-5-3-18(4-6-19)17-42-27-16-13-24(30(36)33(27)39)23-11-14-25(40)31(37)29(23)35/h11-16,18-21,40H,2-10,17H2,1H3. The minimum atomic E-state index is -1.53. The molecule has 0 saturated heterocycles. The Morgan fingerprint density at radius 2 is 1.12 bits per heavy atom. The number of benzene rings is 3. The Morgan fingerprint density at radius 3 is 1.76 bits per heavy atom. The van der Waals surface area contributed by atoms with E-state index in [0.29, 0.717) is 17.4 Å². The van der Waals surface area contributed by atoms with Gasteiger partial charge in [0.1, 0.15) is 0 Å². The minimum Gasteiger partial charge on any atom is -0.505 e. The first-order valence-corrected chi connectivity index (χ1v) is 14.6. The van der Waals surface area contributed by atoms with Crippen molar-refractivity contribution in [1.29, 1.82) is 0 Å². The number of rotatable bonds is 8. The highest BCUT2D eigenvalue weighted by molar-refractivity contribution is 5.67. The molecule has 0 spiro atoms. The molecule has 1 N–H and O–H groups in total.